The van der Waals surface area contributed by atoms with Crippen LogP contribution in [0.1, 0.15) is 48.2 Å². The zero-order valence-electron chi connectivity index (χ0n) is 12.4. The highest BCUT2D eigenvalue weighted by molar-refractivity contribution is 5.86. The van der Waals surface area contributed by atoms with E-state index in [1.807, 2.05) is 0 Å². The van der Waals surface area contributed by atoms with Gasteiger partial charge in [0.1, 0.15) is 5.69 Å². The molecule has 1 saturated carbocycles. The molecule has 0 radical (unpaired) electrons. The zero-order valence-corrected chi connectivity index (χ0v) is 12.4. The summed E-state index contributed by atoms with van der Waals surface area (Å²) in [4.78, 5) is 16.0. The van der Waals surface area contributed by atoms with Crippen LogP contribution in [0.4, 0.5) is 0 Å². The quantitative estimate of drug-likeness (QED) is 0.881. The van der Waals surface area contributed by atoms with E-state index in [9.17, 15) is 4.79 Å². The molecule has 21 heavy (non-hydrogen) atoms. The summed E-state index contributed by atoms with van der Waals surface area (Å²) in [5, 5.41) is 15.5. The number of rotatable bonds is 4. The summed E-state index contributed by atoms with van der Waals surface area (Å²) in [5.41, 5.74) is 1.01. The van der Waals surface area contributed by atoms with Gasteiger partial charge < -0.3 is 5.11 Å². The van der Waals surface area contributed by atoms with Gasteiger partial charge in [0.25, 0.3) is 0 Å². The highest BCUT2D eigenvalue weighted by Crippen LogP contribution is 2.23. The van der Waals surface area contributed by atoms with Crippen LogP contribution in [-0.4, -0.2) is 63.3 Å². The lowest BCUT2D eigenvalue weighted by Gasteiger charge is -2.40. The highest BCUT2D eigenvalue weighted by Gasteiger charge is 2.25. The van der Waals surface area contributed by atoms with Crippen LogP contribution in [-0.2, 0) is 6.54 Å². The number of hydrogen-bond donors (Lipinski definition) is 2. The van der Waals surface area contributed by atoms with Crippen molar-refractivity contribution in [3.05, 3.63) is 17.5 Å². The molecule has 0 unspecified atom stereocenters. The molecule has 0 bridgehead atoms. The largest absolute Gasteiger partial charge is 0.477 e. The van der Waals surface area contributed by atoms with E-state index < -0.39 is 5.97 Å². The predicted molar refractivity (Wildman–Crippen MR) is 79.3 cm³/mol. The van der Waals surface area contributed by atoms with E-state index in [-0.39, 0.29) is 5.69 Å². The van der Waals surface area contributed by atoms with E-state index in [1.54, 1.807) is 6.20 Å². The number of carboxylic acids is 1. The Kier molecular flexibility index (Phi) is 4.55. The molecule has 0 atom stereocenters. The van der Waals surface area contributed by atoms with E-state index in [0.717, 1.165) is 37.8 Å². The summed E-state index contributed by atoms with van der Waals surface area (Å²) in [6, 6.07) is 0.782. The number of aromatic amines is 1. The van der Waals surface area contributed by atoms with Crippen LogP contribution in [0, 0.1) is 0 Å². The molecule has 3 rings (SSSR count). The van der Waals surface area contributed by atoms with Gasteiger partial charge in [-0.25, -0.2) is 4.79 Å². The van der Waals surface area contributed by atoms with Crippen molar-refractivity contribution in [1.82, 2.24) is 20.0 Å². The molecule has 6 nitrogen and oxygen atoms in total. The molecule has 1 aliphatic carbocycles. The van der Waals surface area contributed by atoms with Crippen molar-refractivity contribution in [3.63, 3.8) is 0 Å². The van der Waals surface area contributed by atoms with E-state index >= 15 is 0 Å². The minimum atomic E-state index is -0.927. The summed E-state index contributed by atoms with van der Waals surface area (Å²) in [5.74, 6) is -0.927. The summed E-state index contributed by atoms with van der Waals surface area (Å²) < 4.78 is 0. The minimum Gasteiger partial charge on any atom is -0.477 e. The second-order valence-corrected chi connectivity index (χ2v) is 6.18. The Morgan fingerprint density at radius 1 is 1.24 bits per heavy atom. The van der Waals surface area contributed by atoms with E-state index in [0.29, 0.717) is 6.54 Å². The van der Waals surface area contributed by atoms with Crippen molar-refractivity contribution in [2.45, 2.75) is 44.7 Å². The lowest BCUT2D eigenvalue weighted by Crippen LogP contribution is -2.50. The number of hydrogen-bond acceptors (Lipinski definition) is 4. The van der Waals surface area contributed by atoms with Gasteiger partial charge >= 0.3 is 5.97 Å². The Morgan fingerprint density at radius 2 is 1.95 bits per heavy atom. The summed E-state index contributed by atoms with van der Waals surface area (Å²) in [6.07, 6.45) is 8.49. The molecule has 1 aromatic heterocycles. The third kappa shape index (κ3) is 3.44. The molecule has 2 aliphatic rings. The topological polar surface area (TPSA) is 72.5 Å². The van der Waals surface area contributed by atoms with Crippen molar-refractivity contribution < 1.29 is 9.90 Å². The predicted octanol–water partition coefficient (Wildman–Crippen LogP) is 1.56. The molecular formula is C15H24N4O2. The third-order valence-corrected chi connectivity index (χ3v) is 4.82. The summed E-state index contributed by atoms with van der Waals surface area (Å²) in [6.45, 7) is 4.91. The van der Waals surface area contributed by atoms with Crippen LogP contribution in [0.3, 0.4) is 0 Å². The monoisotopic (exact) mass is 292 g/mol. The average molecular weight is 292 g/mol. The fourth-order valence-electron chi connectivity index (χ4n) is 3.59. The van der Waals surface area contributed by atoms with Gasteiger partial charge in [-0.05, 0) is 12.8 Å². The molecule has 2 heterocycles. The lowest BCUT2D eigenvalue weighted by atomic mass is 9.94. The number of nitrogens with zero attached hydrogens (tertiary/aromatic N) is 3. The zero-order chi connectivity index (χ0) is 14.7. The van der Waals surface area contributed by atoms with Gasteiger partial charge in [-0.1, -0.05) is 19.3 Å². The highest BCUT2D eigenvalue weighted by atomic mass is 16.4. The molecule has 1 aromatic rings. The van der Waals surface area contributed by atoms with Crippen LogP contribution in [0.15, 0.2) is 6.20 Å². The molecule has 2 N–H and O–H groups in total. The Balaban J connectivity index is 1.51. The van der Waals surface area contributed by atoms with Crippen molar-refractivity contribution in [1.29, 1.82) is 0 Å². The first kappa shape index (κ1) is 14.5. The standard InChI is InChI=1S/C15H24N4O2/c20-15(21)14-12(10-16-17-14)11-18-6-8-19(9-7-18)13-4-2-1-3-5-13/h10,13H,1-9,11H2,(H,16,17)(H,20,21). The number of H-pyrrole nitrogens is 1. The molecule has 0 spiro atoms. The molecule has 116 valence electrons. The van der Waals surface area contributed by atoms with Crippen molar-refractivity contribution in [3.8, 4) is 0 Å². The van der Waals surface area contributed by atoms with Crippen LogP contribution < -0.4 is 0 Å². The van der Waals surface area contributed by atoms with E-state index in [1.165, 1.54) is 32.1 Å². The SMILES string of the molecule is O=C(O)c1[nH]ncc1CN1CCN(C2CCCCC2)CC1. The Bertz CT molecular complexity index is 474. The number of carboxylic acid groups (broad SMARTS) is 1. The Labute approximate surface area is 125 Å². The fourth-order valence-corrected chi connectivity index (χ4v) is 3.59. The number of piperazine rings is 1. The van der Waals surface area contributed by atoms with Gasteiger partial charge in [-0.3, -0.25) is 14.9 Å². The van der Waals surface area contributed by atoms with Crippen molar-refractivity contribution >= 4 is 5.97 Å². The molecule has 1 saturated heterocycles. The van der Waals surface area contributed by atoms with E-state index in [2.05, 4.69) is 20.0 Å². The Hall–Kier alpha value is -1.40. The third-order valence-electron chi connectivity index (χ3n) is 4.82. The maximum Gasteiger partial charge on any atom is 0.354 e. The van der Waals surface area contributed by atoms with Gasteiger partial charge in [0, 0.05) is 44.3 Å². The molecule has 1 aliphatic heterocycles. The minimum absolute atomic E-state index is 0.227. The second-order valence-electron chi connectivity index (χ2n) is 6.18. The summed E-state index contributed by atoms with van der Waals surface area (Å²) >= 11 is 0. The van der Waals surface area contributed by atoms with Crippen LogP contribution in [0.5, 0.6) is 0 Å². The van der Waals surface area contributed by atoms with Crippen LogP contribution in [0.2, 0.25) is 0 Å². The van der Waals surface area contributed by atoms with E-state index in [4.69, 9.17) is 5.11 Å². The van der Waals surface area contributed by atoms with Crippen LogP contribution >= 0.6 is 0 Å². The van der Waals surface area contributed by atoms with Gasteiger partial charge in [-0.15, -0.1) is 0 Å². The molecule has 0 aromatic carbocycles. The van der Waals surface area contributed by atoms with Gasteiger partial charge in [0.2, 0.25) is 0 Å². The molecule has 2 fully saturated rings. The first-order valence-electron chi connectivity index (χ1n) is 7.96. The number of aromatic nitrogens is 2. The molecule has 6 heteroatoms. The maximum atomic E-state index is 11.1. The second kappa shape index (κ2) is 6.58. The normalized spacial score (nSPS) is 22.5. The number of nitrogens with one attached hydrogen (secondary N) is 1. The lowest BCUT2D eigenvalue weighted by molar-refractivity contribution is 0.0676. The van der Waals surface area contributed by atoms with Gasteiger partial charge in [0.15, 0.2) is 0 Å². The average Bonchev–Trinajstić information content (AvgIpc) is 2.97. The first-order chi connectivity index (χ1) is 10.2. The molecule has 0 amide bonds. The molecular weight excluding hydrogens is 268 g/mol. The summed E-state index contributed by atoms with van der Waals surface area (Å²) in [7, 11) is 0. The number of aromatic carboxylic acids is 1. The van der Waals surface area contributed by atoms with Crippen molar-refractivity contribution in [2.75, 3.05) is 26.2 Å². The fraction of sp³-hybridized carbons (Fsp3) is 0.733. The van der Waals surface area contributed by atoms with Gasteiger partial charge in [-0.2, -0.15) is 5.10 Å². The first-order valence-corrected chi connectivity index (χ1v) is 7.96. The number of carbonyl (C=O) groups is 1. The van der Waals surface area contributed by atoms with Crippen molar-refractivity contribution in [2.24, 2.45) is 0 Å². The van der Waals surface area contributed by atoms with Gasteiger partial charge in [0.05, 0.1) is 6.20 Å². The smallest absolute Gasteiger partial charge is 0.354 e. The Morgan fingerprint density at radius 3 is 2.62 bits per heavy atom. The maximum absolute atomic E-state index is 11.1. The van der Waals surface area contributed by atoms with Crippen LogP contribution in [0.25, 0.3) is 0 Å².